The van der Waals surface area contributed by atoms with E-state index in [0.717, 1.165) is 17.8 Å². The minimum Gasteiger partial charge on any atom is -0.486 e. The van der Waals surface area contributed by atoms with E-state index in [9.17, 15) is 9.18 Å². The van der Waals surface area contributed by atoms with Crippen molar-refractivity contribution in [3.8, 4) is 5.75 Å². The molecule has 1 amide bonds. The number of amides is 1. The minimum atomic E-state index is -0.503. The highest BCUT2D eigenvalue weighted by molar-refractivity contribution is 7.99. The van der Waals surface area contributed by atoms with Crippen LogP contribution in [0, 0.1) is 5.82 Å². The molecule has 12 heteroatoms. The third kappa shape index (κ3) is 6.21. The van der Waals surface area contributed by atoms with Crippen LogP contribution in [0.3, 0.4) is 0 Å². The molecule has 176 valence electrons. The smallest absolute Gasteiger partial charge is 0.236 e. The molecular formula is C21H24ClFN6O2S2. The van der Waals surface area contributed by atoms with E-state index in [4.69, 9.17) is 16.3 Å². The van der Waals surface area contributed by atoms with Gasteiger partial charge in [-0.3, -0.25) is 10.1 Å². The molecule has 2 aromatic heterocycles. The zero-order chi connectivity index (χ0) is 23.2. The summed E-state index contributed by atoms with van der Waals surface area (Å²) in [4.78, 5) is 12.4. The highest BCUT2D eigenvalue weighted by Crippen LogP contribution is 2.35. The summed E-state index contributed by atoms with van der Waals surface area (Å²) in [6.45, 7) is 2.71. The molecule has 0 atom stereocenters. The fourth-order valence-corrected chi connectivity index (χ4v) is 5.57. The maximum atomic E-state index is 13.3. The Balaban J connectivity index is 1.30. The van der Waals surface area contributed by atoms with Crippen molar-refractivity contribution in [2.75, 3.05) is 11.1 Å². The van der Waals surface area contributed by atoms with Crippen LogP contribution in [-0.4, -0.2) is 36.6 Å². The molecule has 0 radical (unpaired) electrons. The van der Waals surface area contributed by atoms with Gasteiger partial charge in [-0.15, -0.1) is 20.4 Å². The molecule has 1 aromatic carbocycles. The van der Waals surface area contributed by atoms with Crippen LogP contribution in [0.25, 0.3) is 0 Å². The van der Waals surface area contributed by atoms with Crippen molar-refractivity contribution in [2.45, 2.75) is 63.3 Å². The summed E-state index contributed by atoms with van der Waals surface area (Å²) in [6, 6.07) is 4.16. The van der Waals surface area contributed by atoms with Crippen molar-refractivity contribution in [1.29, 1.82) is 0 Å². The summed E-state index contributed by atoms with van der Waals surface area (Å²) in [7, 11) is 0. The average Bonchev–Trinajstić information content (AvgIpc) is 3.45. The predicted octanol–water partition coefficient (Wildman–Crippen LogP) is 5.30. The molecular weight excluding hydrogens is 487 g/mol. The number of hydrogen-bond acceptors (Lipinski definition) is 8. The lowest BCUT2D eigenvalue weighted by atomic mass is 9.90. The molecule has 0 bridgehead atoms. The lowest BCUT2D eigenvalue weighted by Gasteiger charge is -2.18. The molecule has 8 nitrogen and oxygen atoms in total. The Morgan fingerprint density at radius 2 is 2.09 bits per heavy atom. The molecule has 0 saturated heterocycles. The molecule has 1 aliphatic rings. The van der Waals surface area contributed by atoms with Gasteiger partial charge in [-0.05, 0) is 31.9 Å². The van der Waals surface area contributed by atoms with E-state index in [2.05, 4.69) is 25.7 Å². The monoisotopic (exact) mass is 510 g/mol. The van der Waals surface area contributed by atoms with E-state index in [-0.39, 0.29) is 23.3 Å². The topological polar surface area (TPSA) is 94.8 Å². The summed E-state index contributed by atoms with van der Waals surface area (Å²) in [5.74, 6) is 0.996. The molecule has 0 unspecified atom stereocenters. The number of nitrogens with zero attached hydrogens (tertiary/aromatic N) is 5. The van der Waals surface area contributed by atoms with Crippen LogP contribution in [0.1, 0.15) is 55.8 Å². The molecule has 1 aliphatic carbocycles. The Kier molecular flexibility index (Phi) is 8.15. The van der Waals surface area contributed by atoms with E-state index < -0.39 is 5.82 Å². The lowest BCUT2D eigenvalue weighted by molar-refractivity contribution is -0.113. The predicted molar refractivity (Wildman–Crippen MR) is 127 cm³/mol. The van der Waals surface area contributed by atoms with Crippen LogP contribution >= 0.6 is 34.7 Å². The van der Waals surface area contributed by atoms with Gasteiger partial charge in [0.25, 0.3) is 0 Å². The largest absolute Gasteiger partial charge is 0.486 e. The molecule has 0 spiro atoms. The summed E-state index contributed by atoms with van der Waals surface area (Å²) >= 11 is 8.54. The third-order valence-electron chi connectivity index (χ3n) is 5.34. The SMILES string of the molecule is CCn1c(COc2ccc(F)c(Cl)c2)nnc1SCC(=O)Nc1nnc(C2CCCCC2)s1. The number of halogens is 2. The van der Waals surface area contributed by atoms with Crippen LogP contribution in [0.2, 0.25) is 5.02 Å². The Morgan fingerprint density at radius 3 is 2.85 bits per heavy atom. The fourth-order valence-electron chi connectivity index (χ4n) is 3.65. The van der Waals surface area contributed by atoms with Gasteiger partial charge >= 0.3 is 0 Å². The maximum absolute atomic E-state index is 13.3. The van der Waals surface area contributed by atoms with Gasteiger partial charge in [0.15, 0.2) is 11.0 Å². The second-order valence-corrected chi connectivity index (χ2v) is 9.98. The van der Waals surface area contributed by atoms with Gasteiger partial charge in [0.1, 0.15) is 23.2 Å². The van der Waals surface area contributed by atoms with Gasteiger partial charge in [-0.1, -0.05) is 54.0 Å². The Labute approximate surface area is 204 Å². The first-order valence-electron chi connectivity index (χ1n) is 10.8. The molecule has 3 aromatic rings. The van der Waals surface area contributed by atoms with Crippen LogP contribution in [0.4, 0.5) is 9.52 Å². The summed E-state index contributed by atoms with van der Waals surface area (Å²) in [5.41, 5.74) is 0. The van der Waals surface area contributed by atoms with Gasteiger partial charge in [0.2, 0.25) is 11.0 Å². The van der Waals surface area contributed by atoms with Gasteiger partial charge in [0, 0.05) is 18.5 Å². The van der Waals surface area contributed by atoms with E-state index in [0.29, 0.717) is 34.3 Å². The number of thioether (sulfide) groups is 1. The molecule has 4 rings (SSSR count). The summed E-state index contributed by atoms with van der Waals surface area (Å²) in [6.07, 6.45) is 6.03. The normalized spacial score (nSPS) is 14.4. The highest BCUT2D eigenvalue weighted by atomic mass is 35.5. The number of aromatic nitrogens is 5. The van der Waals surface area contributed by atoms with E-state index in [1.807, 2.05) is 11.5 Å². The second-order valence-electron chi connectivity index (χ2n) is 7.62. The zero-order valence-corrected chi connectivity index (χ0v) is 20.5. The van der Waals surface area contributed by atoms with Crippen molar-refractivity contribution in [3.63, 3.8) is 0 Å². The number of anilines is 1. The first-order valence-corrected chi connectivity index (χ1v) is 13.0. The zero-order valence-electron chi connectivity index (χ0n) is 18.1. The first-order chi connectivity index (χ1) is 16.0. The van der Waals surface area contributed by atoms with Crippen LogP contribution in [0.15, 0.2) is 23.4 Å². The van der Waals surface area contributed by atoms with Crippen LogP contribution in [-0.2, 0) is 17.9 Å². The Morgan fingerprint density at radius 1 is 1.27 bits per heavy atom. The van der Waals surface area contributed by atoms with E-state index >= 15 is 0 Å². The number of carbonyl (C=O) groups is 1. The van der Waals surface area contributed by atoms with Gasteiger partial charge in [0.05, 0.1) is 10.8 Å². The number of hydrogen-bond donors (Lipinski definition) is 1. The molecule has 0 aliphatic heterocycles. The number of ether oxygens (including phenoxy) is 1. The molecule has 1 N–H and O–H groups in total. The third-order valence-corrected chi connectivity index (χ3v) is 7.60. The first kappa shape index (κ1) is 23.9. The molecule has 2 heterocycles. The molecule has 33 heavy (non-hydrogen) atoms. The van der Waals surface area contributed by atoms with Crippen molar-refractivity contribution < 1.29 is 13.9 Å². The molecule has 1 saturated carbocycles. The fraction of sp³-hybridized carbons (Fsp3) is 0.476. The van der Waals surface area contributed by atoms with Gasteiger partial charge in [-0.2, -0.15) is 0 Å². The van der Waals surface area contributed by atoms with Gasteiger partial charge in [-0.25, -0.2) is 4.39 Å². The lowest BCUT2D eigenvalue weighted by Crippen LogP contribution is -2.14. The standard InChI is InChI=1S/C21H24ClFN6O2S2/c1-2-29-17(11-31-14-8-9-16(23)15(22)10-14)25-28-21(29)32-12-18(30)24-20-27-26-19(33-20)13-6-4-3-5-7-13/h8-10,13H,2-7,11-12H2,1H3,(H,24,27,30). The number of nitrogens with one attached hydrogen (secondary N) is 1. The quantitative estimate of drug-likeness (QED) is 0.390. The van der Waals surface area contributed by atoms with Crippen molar-refractivity contribution in [1.82, 2.24) is 25.0 Å². The number of rotatable bonds is 9. The van der Waals surface area contributed by atoms with E-state index in [1.54, 1.807) is 0 Å². The van der Waals surface area contributed by atoms with Crippen molar-refractivity contribution in [3.05, 3.63) is 39.9 Å². The second kappa shape index (κ2) is 11.3. The van der Waals surface area contributed by atoms with E-state index in [1.165, 1.54) is 60.6 Å². The molecule has 1 fully saturated rings. The summed E-state index contributed by atoms with van der Waals surface area (Å²) < 4.78 is 20.8. The Hall–Kier alpha value is -2.24. The van der Waals surface area contributed by atoms with Crippen molar-refractivity contribution >= 4 is 45.7 Å². The highest BCUT2D eigenvalue weighted by Gasteiger charge is 2.20. The maximum Gasteiger partial charge on any atom is 0.236 e. The average molecular weight is 511 g/mol. The Bertz CT molecular complexity index is 1100. The number of carbonyl (C=O) groups excluding carboxylic acids is 1. The van der Waals surface area contributed by atoms with Crippen LogP contribution in [0.5, 0.6) is 5.75 Å². The number of benzene rings is 1. The van der Waals surface area contributed by atoms with Gasteiger partial charge < -0.3 is 9.30 Å². The van der Waals surface area contributed by atoms with Crippen LogP contribution < -0.4 is 10.1 Å². The minimum absolute atomic E-state index is 0.00647. The van der Waals surface area contributed by atoms with Crippen molar-refractivity contribution in [2.24, 2.45) is 0 Å². The summed E-state index contributed by atoms with van der Waals surface area (Å²) in [5, 5.41) is 21.7.